The Hall–Kier alpha value is -2.55. The molecule has 4 rings (SSSR count). The summed E-state index contributed by atoms with van der Waals surface area (Å²) in [5.74, 6) is -0.119. The summed E-state index contributed by atoms with van der Waals surface area (Å²) in [6.07, 6.45) is 3.49. The topological polar surface area (TPSA) is 116 Å². The van der Waals surface area contributed by atoms with Crippen LogP contribution in [-0.4, -0.2) is 50.3 Å². The van der Waals surface area contributed by atoms with Crippen molar-refractivity contribution in [1.82, 2.24) is 25.9 Å². The Kier molecular flexibility index (Phi) is 4.54. The number of hydrogen-bond acceptors (Lipinski definition) is 6. The molecule has 2 fully saturated rings. The van der Waals surface area contributed by atoms with E-state index < -0.39 is 17.8 Å². The van der Waals surface area contributed by atoms with Crippen molar-refractivity contribution in [3.05, 3.63) is 24.0 Å². The molecule has 1 saturated heterocycles. The lowest BCUT2D eigenvalue weighted by Gasteiger charge is -2.42. The van der Waals surface area contributed by atoms with Crippen molar-refractivity contribution in [2.45, 2.75) is 37.8 Å². The molecule has 26 heavy (non-hydrogen) atoms. The van der Waals surface area contributed by atoms with E-state index in [9.17, 15) is 14.3 Å². The molecule has 8 nitrogen and oxygen atoms in total. The van der Waals surface area contributed by atoms with Crippen LogP contribution in [0.5, 0.6) is 0 Å². The Labute approximate surface area is 149 Å². The van der Waals surface area contributed by atoms with Crippen LogP contribution in [-0.2, 0) is 4.79 Å². The number of anilines is 1. The van der Waals surface area contributed by atoms with E-state index in [4.69, 9.17) is 0 Å². The summed E-state index contributed by atoms with van der Waals surface area (Å²) in [6.45, 7) is 0.752. The first-order valence-corrected chi connectivity index (χ1v) is 8.87. The maximum absolute atomic E-state index is 14.3. The molecule has 1 aliphatic carbocycles. The second kappa shape index (κ2) is 6.99. The van der Waals surface area contributed by atoms with E-state index in [-0.39, 0.29) is 11.9 Å². The fourth-order valence-corrected chi connectivity index (χ4v) is 4.24. The molecule has 0 amide bonds. The molecule has 4 atom stereocenters. The maximum atomic E-state index is 14.3. The van der Waals surface area contributed by atoms with Crippen molar-refractivity contribution < 1.29 is 14.3 Å². The van der Waals surface area contributed by atoms with Gasteiger partial charge < -0.3 is 15.7 Å². The van der Waals surface area contributed by atoms with Crippen LogP contribution in [0.2, 0.25) is 0 Å². The van der Waals surface area contributed by atoms with E-state index in [1.807, 2.05) is 6.07 Å². The van der Waals surface area contributed by atoms with Gasteiger partial charge in [-0.15, -0.1) is 10.2 Å². The number of rotatable bonds is 4. The molecule has 4 unspecified atom stereocenters. The van der Waals surface area contributed by atoms with Crippen LogP contribution >= 0.6 is 0 Å². The molecule has 0 bridgehead atoms. The van der Waals surface area contributed by atoms with E-state index in [2.05, 4.69) is 31.3 Å². The van der Waals surface area contributed by atoms with Gasteiger partial charge in [0.05, 0.1) is 5.56 Å². The molecule has 2 heterocycles. The fraction of sp³-hybridized carbons (Fsp3) is 0.529. The van der Waals surface area contributed by atoms with Crippen molar-refractivity contribution in [2.24, 2.45) is 11.8 Å². The second-order valence-corrected chi connectivity index (χ2v) is 7.11. The highest BCUT2D eigenvalue weighted by molar-refractivity contribution is 5.74. The lowest BCUT2D eigenvalue weighted by atomic mass is 9.72. The molecular formula is C17H21FN6O2. The number of carboxylic acids is 1. The Morgan fingerprint density at radius 2 is 2.15 bits per heavy atom. The Morgan fingerprint density at radius 3 is 2.92 bits per heavy atom. The number of carboxylic acid groups (broad SMARTS) is 1. The molecule has 1 aromatic carbocycles. The van der Waals surface area contributed by atoms with Gasteiger partial charge in [0.2, 0.25) is 5.82 Å². The van der Waals surface area contributed by atoms with Crippen LogP contribution in [0.3, 0.4) is 0 Å². The van der Waals surface area contributed by atoms with E-state index >= 15 is 0 Å². The van der Waals surface area contributed by atoms with Crippen LogP contribution in [0.1, 0.15) is 25.7 Å². The van der Waals surface area contributed by atoms with Crippen molar-refractivity contribution >= 4 is 11.7 Å². The van der Waals surface area contributed by atoms with Gasteiger partial charge >= 0.3 is 5.97 Å². The van der Waals surface area contributed by atoms with Crippen LogP contribution in [0.15, 0.2) is 18.2 Å². The Bertz CT molecular complexity index is 784. The molecule has 4 N–H and O–H groups in total. The summed E-state index contributed by atoms with van der Waals surface area (Å²) in [7, 11) is 0. The molecule has 1 aromatic heterocycles. The van der Waals surface area contributed by atoms with E-state index in [1.165, 1.54) is 6.07 Å². The van der Waals surface area contributed by atoms with Crippen LogP contribution in [0, 0.1) is 17.7 Å². The van der Waals surface area contributed by atoms with Crippen molar-refractivity contribution in [1.29, 1.82) is 0 Å². The van der Waals surface area contributed by atoms with Crippen LogP contribution in [0.4, 0.5) is 10.1 Å². The van der Waals surface area contributed by atoms with Gasteiger partial charge in [-0.2, -0.15) is 5.21 Å². The van der Waals surface area contributed by atoms with Gasteiger partial charge in [0.25, 0.3) is 0 Å². The highest BCUT2D eigenvalue weighted by Crippen LogP contribution is 2.38. The average molecular weight is 360 g/mol. The minimum absolute atomic E-state index is 0.163. The van der Waals surface area contributed by atoms with E-state index in [0.717, 1.165) is 25.8 Å². The zero-order valence-corrected chi connectivity index (χ0v) is 14.2. The Morgan fingerprint density at radius 1 is 1.27 bits per heavy atom. The molecule has 9 heteroatoms. The van der Waals surface area contributed by atoms with Gasteiger partial charge in [-0.25, -0.2) is 4.39 Å². The number of hydrogen-bond donors (Lipinski definition) is 4. The molecular weight excluding hydrogens is 339 g/mol. The second-order valence-electron chi connectivity index (χ2n) is 7.11. The number of tetrazole rings is 1. The number of benzene rings is 1. The highest BCUT2D eigenvalue weighted by Gasteiger charge is 2.37. The molecule has 1 saturated carbocycles. The SMILES string of the molecule is O=C(O)C1CC2CC(Nc3cccc(F)c3-c3nn[nH]n3)CCC2CN1. The summed E-state index contributed by atoms with van der Waals surface area (Å²) in [6, 6.07) is 4.52. The summed E-state index contributed by atoms with van der Waals surface area (Å²) in [4.78, 5) is 11.3. The average Bonchev–Trinajstić information content (AvgIpc) is 3.15. The first-order chi connectivity index (χ1) is 12.6. The number of aromatic nitrogens is 4. The minimum atomic E-state index is -0.789. The monoisotopic (exact) mass is 360 g/mol. The van der Waals surface area contributed by atoms with Crippen LogP contribution in [0.25, 0.3) is 11.4 Å². The number of nitrogens with one attached hydrogen (secondary N) is 3. The summed E-state index contributed by atoms with van der Waals surface area (Å²) in [5.41, 5.74) is 0.940. The summed E-state index contributed by atoms with van der Waals surface area (Å²) >= 11 is 0. The first-order valence-electron chi connectivity index (χ1n) is 8.87. The molecule has 0 spiro atoms. The number of H-pyrrole nitrogens is 1. The van der Waals surface area contributed by atoms with Gasteiger partial charge in [-0.05, 0) is 61.4 Å². The van der Waals surface area contributed by atoms with Crippen molar-refractivity contribution in [2.75, 3.05) is 11.9 Å². The van der Waals surface area contributed by atoms with Gasteiger partial charge in [0, 0.05) is 11.7 Å². The number of aromatic amines is 1. The maximum Gasteiger partial charge on any atom is 0.320 e. The minimum Gasteiger partial charge on any atom is -0.480 e. The number of nitrogens with zero attached hydrogens (tertiary/aromatic N) is 3. The van der Waals surface area contributed by atoms with Gasteiger partial charge in [0.15, 0.2) is 0 Å². The predicted octanol–water partition coefficient (Wildman–Crippen LogP) is 1.65. The molecule has 2 aliphatic rings. The number of fused-ring (bicyclic) bond motifs is 1. The Balaban J connectivity index is 1.50. The molecule has 2 aromatic rings. The number of carbonyl (C=O) groups is 1. The largest absolute Gasteiger partial charge is 0.480 e. The first kappa shape index (κ1) is 16.9. The molecule has 138 valence electrons. The van der Waals surface area contributed by atoms with E-state index in [1.54, 1.807) is 6.07 Å². The lowest BCUT2D eigenvalue weighted by molar-refractivity contribution is -0.141. The third-order valence-corrected chi connectivity index (χ3v) is 5.55. The quantitative estimate of drug-likeness (QED) is 0.655. The van der Waals surface area contributed by atoms with Gasteiger partial charge in [-0.3, -0.25) is 4.79 Å². The number of piperidine rings is 1. The van der Waals surface area contributed by atoms with Crippen LogP contribution < -0.4 is 10.6 Å². The smallest absolute Gasteiger partial charge is 0.320 e. The molecule has 1 aliphatic heterocycles. The summed E-state index contributed by atoms with van der Waals surface area (Å²) in [5, 5.41) is 29.5. The van der Waals surface area contributed by atoms with E-state index in [0.29, 0.717) is 29.5 Å². The van der Waals surface area contributed by atoms with Gasteiger partial charge in [0.1, 0.15) is 11.9 Å². The third-order valence-electron chi connectivity index (χ3n) is 5.55. The highest BCUT2D eigenvalue weighted by atomic mass is 19.1. The lowest BCUT2D eigenvalue weighted by Crippen LogP contribution is -2.50. The number of halogens is 1. The standard InChI is InChI=1S/C17H21FN6O2/c18-12-2-1-3-13(15(12)16-21-23-24-22-16)20-11-5-4-9-8-19-14(17(25)26)7-10(9)6-11/h1-3,9-11,14,19-20H,4-8H2,(H,25,26)(H,21,22,23,24). The molecule has 0 radical (unpaired) electrons. The predicted molar refractivity (Wildman–Crippen MR) is 91.9 cm³/mol. The zero-order valence-electron chi connectivity index (χ0n) is 14.2. The van der Waals surface area contributed by atoms with Crippen molar-refractivity contribution in [3.8, 4) is 11.4 Å². The summed E-state index contributed by atoms with van der Waals surface area (Å²) < 4.78 is 14.3. The number of aliphatic carboxylic acids is 1. The van der Waals surface area contributed by atoms with Gasteiger partial charge in [-0.1, -0.05) is 6.07 Å². The fourth-order valence-electron chi connectivity index (χ4n) is 4.24. The normalized spacial score (nSPS) is 28.3. The van der Waals surface area contributed by atoms with Crippen molar-refractivity contribution in [3.63, 3.8) is 0 Å². The zero-order chi connectivity index (χ0) is 18.1. The third kappa shape index (κ3) is 3.26.